The zero-order valence-corrected chi connectivity index (χ0v) is 10.4. The molecule has 0 unspecified atom stereocenters. The van der Waals surface area contributed by atoms with Crippen molar-refractivity contribution in [3.8, 4) is 0 Å². The van der Waals surface area contributed by atoms with E-state index in [1.165, 1.54) is 4.90 Å². The van der Waals surface area contributed by atoms with Crippen molar-refractivity contribution in [2.45, 2.75) is 44.2 Å². The Morgan fingerprint density at radius 3 is 2.44 bits per heavy atom. The monoisotopic (exact) mass is 256 g/mol. The van der Waals surface area contributed by atoms with Crippen molar-refractivity contribution in [3.63, 3.8) is 0 Å². The van der Waals surface area contributed by atoms with E-state index >= 15 is 0 Å². The number of carboxylic acids is 1. The van der Waals surface area contributed by atoms with Gasteiger partial charge in [0.2, 0.25) is 0 Å². The molecule has 0 aromatic rings. The quantitative estimate of drug-likeness (QED) is 0.767. The van der Waals surface area contributed by atoms with Gasteiger partial charge in [0.05, 0.1) is 6.61 Å². The first kappa shape index (κ1) is 13.1. The molecule has 0 bridgehead atoms. The van der Waals surface area contributed by atoms with Gasteiger partial charge in [-0.3, -0.25) is 0 Å². The summed E-state index contributed by atoms with van der Waals surface area (Å²) in [4.78, 5) is 26.5. The SMILES string of the molecule is O=C(O)[C@H]1CCCN1C(=O)N(CCO)C1CCC1. The zero-order valence-electron chi connectivity index (χ0n) is 10.4. The Kier molecular flexibility index (Phi) is 4.06. The predicted molar refractivity (Wildman–Crippen MR) is 64.2 cm³/mol. The fourth-order valence-corrected chi connectivity index (χ4v) is 2.66. The molecule has 6 heteroatoms. The normalized spacial score (nSPS) is 23.8. The number of hydrogen-bond acceptors (Lipinski definition) is 3. The molecule has 0 spiro atoms. The molecule has 2 fully saturated rings. The van der Waals surface area contributed by atoms with Crippen LogP contribution >= 0.6 is 0 Å². The molecular formula is C12H20N2O4. The van der Waals surface area contributed by atoms with Gasteiger partial charge in [-0.1, -0.05) is 0 Å². The molecule has 2 rings (SSSR count). The molecule has 18 heavy (non-hydrogen) atoms. The molecule has 2 N–H and O–H groups in total. The molecule has 1 saturated heterocycles. The molecule has 2 aliphatic rings. The van der Waals surface area contributed by atoms with Crippen molar-refractivity contribution in [3.05, 3.63) is 0 Å². The Bertz CT molecular complexity index is 330. The van der Waals surface area contributed by atoms with Crippen LogP contribution in [0.3, 0.4) is 0 Å². The van der Waals surface area contributed by atoms with Gasteiger partial charge in [-0.05, 0) is 32.1 Å². The largest absolute Gasteiger partial charge is 0.480 e. The summed E-state index contributed by atoms with van der Waals surface area (Å²) >= 11 is 0. The number of carbonyl (C=O) groups excluding carboxylic acids is 1. The van der Waals surface area contributed by atoms with Crippen molar-refractivity contribution < 1.29 is 19.8 Å². The molecule has 0 aromatic heterocycles. The molecule has 1 aliphatic heterocycles. The standard InChI is InChI=1S/C12H20N2O4/c15-8-7-13(9-3-1-4-9)12(18)14-6-2-5-10(14)11(16)17/h9-10,15H,1-8H2,(H,16,17)/t10-/m1/s1. The lowest BCUT2D eigenvalue weighted by molar-refractivity contribution is -0.141. The number of carboxylic acid groups (broad SMARTS) is 1. The summed E-state index contributed by atoms with van der Waals surface area (Å²) in [6.07, 6.45) is 4.27. The number of likely N-dealkylation sites (tertiary alicyclic amines) is 1. The first-order chi connectivity index (χ1) is 8.65. The number of hydrogen-bond donors (Lipinski definition) is 2. The number of aliphatic carboxylic acids is 1. The van der Waals surface area contributed by atoms with Crippen LogP contribution in [-0.2, 0) is 4.79 Å². The zero-order chi connectivity index (χ0) is 13.1. The van der Waals surface area contributed by atoms with Gasteiger partial charge in [-0.2, -0.15) is 0 Å². The summed E-state index contributed by atoms with van der Waals surface area (Å²) in [6.45, 7) is 0.727. The summed E-state index contributed by atoms with van der Waals surface area (Å²) in [7, 11) is 0. The van der Waals surface area contributed by atoms with Gasteiger partial charge in [0.15, 0.2) is 0 Å². The molecule has 0 aromatic carbocycles. The number of aliphatic hydroxyl groups is 1. The van der Waals surface area contributed by atoms with Crippen LogP contribution in [0.5, 0.6) is 0 Å². The summed E-state index contributed by atoms with van der Waals surface area (Å²) in [6, 6.07) is -0.739. The van der Waals surface area contributed by atoms with Crippen molar-refractivity contribution in [2.24, 2.45) is 0 Å². The molecule has 2 amide bonds. The molecule has 1 heterocycles. The Hall–Kier alpha value is -1.30. The number of aliphatic hydroxyl groups excluding tert-OH is 1. The lowest BCUT2D eigenvalue weighted by Gasteiger charge is -2.40. The second-order valence-corrected chi connectivity index (χ2v) is 4.97. The maximum absolute atomic E-state index is 12.4. The Morgan fingerprint density at radius 1 is 1.22 bits per heavy atom. The third-order valence-corrected chi connectivity index (χ3v) is 3.89. The van der Waals surface area contributed by atoms with Crippen molar-refractivity contribution in [2.75, 3.05) is 19.7 Å². The van der Waals surface area contributed by atoms with Gasteiger partial charge in [-0.25, -0.2) is 9.59 Å². The van der Waals surface area contributed by atoms with Crippen LogP contribution in [0, 0.1) is 0 Å². The highest BCUT2D eigenvalue weighted by molar-refractivity contribution is 5.83. The number of rotatable bonds is 4. The van der Waals surface area contributed by atoms with E-state index in [4.69, 9.17) is 10.2 Å². The van der Waals surface area contributed by atoms with E-state index in [2.05, 4.69) is 0 Å². The molecule has 0 radical (unpaired) electrons. The first-order valence-electron chi connectivity index (χ1n) is 6.56. The van der Waals surface area contributed by atoms with Crippen molar-refractivity contribution in [1.29, 1.82) is 0 Å². The Labute approximate surface area is 106 Å². The van der Waals surface area contributed by atoms with Gasteiger partial charge in [-0.15, -0.1) is 0 Å². The van der Waals surface area contributed by atoms with E-state index in [0.29, 0.717) is 19.5 Å². The lowest BCUT2D eigenvalue weighted by atomic mass is 9.91. The number of urea groups is 1. The van der Waals surface area contributed by atoms with Gasteiger partial charge in [0.25, 0.3) is 0 Å². The number of amides is 2. The minimum absolute atomic E-state index is 0.0756. The Balaban J connectivity index is 2.04. The highest BCUT2D eigenvalue weighted by Gasteiger charge is 2.38. The molecule has 1 aliphatic carbocycles. The highest BCUT2D eigenvalue weighted by Crippen LogP contribution is 2.27. The summed E-state index contributed by atoms with van der Waals surface area (Å²) in [5.41, 5.74) is 0. The van der Waals surface area contributed by atoms with E-state index in [-0.39, 0.29) is 18.7 Å². The molecular weight excluding hydrogens is 236 g/mol. The van der Waals surface area contributed by atoms with E-state index in [1.807, 2.05) is 0 Å². The van der Waals surface area contributed by atoms with Crippen LogP contribution < -0.4 is 0 Å². The first-order valence-corrected chi connectivity index (χ1v) is 6.56. The maximum Gasteiger partial charge on any atom is 0.326 e. The number of carbonyl (C=O) groups is 2. The smallest absolute Gasteiger partial charge is 0.326 e. The minimum Gasteiger partial charge on any atom is -0.480 e. The van der Waals surface area contributed by atoms with Gasteiger partial charge >= 0.3 is 12.0 Å². The van der Waals surface area contributed by atoms with Gasteiger partial charge in [0.1, 0.15) is 6.04 Å². The third-order valence-electron chi connectivity index (χ3n) is 3.89. The summed E-state index contributed by atoms with van der Waals surface area (Å²) < 4.78 is 0. The van der Waals surface area contributed by atoms with E-state index in [0.717, 1.165) is 25.7 Å². The highest BCUT2D eigenvalue weighted by atomic mass is 16.4. The van der Waals surface area contributed by atoms with Crippen LogP contribution in [0.4, 0.5) is 4.79 Å². The second-order valence-electron chi connectivity index (χ2n) is 4.97. The summed E-state index contributed by atoms with van der Waals surface area (Å²) in [5, 5.41) is 18.1. The van der Waals surface area contributed by atoms with Crippen LogP contribution in [0.25, 0.3) is 0 Å². The molecule has 1 atom stereocenters. The summed E-state index contributed by atoms with van der Waals surface area (Å²) in [5.74, 6) is -0.932. The molecule has 1 saturated carbocycles. The average Bonchev–Trinajstić information content (AvgIpc) is 2.74. The lowest BCUT2D eigenvalue weighted by Crippen LogP contribution is -2.54. The minimum atomic E-state index is -0.932. The molecule has 102 valence electrons. The maximum atomic E-state index is 12.4. The van der Waals surface area contributed by atoms with Crippen LogP contribution in [0.1, 0.15) is 32.1 Å². The van der Waals surface area contributed by atoms with E-state index in [9.17, 15) is 9.59 Å². The topological polar surface area (TPSA) is 81.1 Å². The van der Waals surface area contributed by atoms with Crippen LogP contribution in [0.2, 0.25) is 0 Å². The fraction of sp³-hybridized carbons (Fsp3) is 0.833. The van der Waals surface area contributed by atoms with E-state index in [1.54, 1.807) is 4.90 Å². The third kappa shape index (κ3) is 2.43. The van der Waals surface area contributed by atoms with E-state index < -0.39 is 12.0 Å². The van der Waals surface area contributed by atoms with Gasteiger partial charge in [0, 0.05) is 19.1 Å². The fourth-order valence-electron chi connectivity index (χ4n) is 2.66. The second kappa shape index (κ2) is 5.56. The van der Waals surface area contributed by atoms with Crippen molar-refractivity contribution in [1.82, 2.24) is 9.80 Å². The number of nitrogens with zero attached hydrogens (tertiary/aromatic N) is 2. The Morgan fingerprint density at radius 2 is 1.94 bits per heavy atom. The van der Waals surface area contributed by atoms with Gasteiger partial charge < -0.3 is 20.0 Å². The molecule has 6 nitrogen and oxygen atoms in total. The van der Waals surface area contributed by atoms with Crippen molar-refractivity contribution >= 4 is 12.0 Å². The van der Waals surface area contributed by atoms with Crippen LogP contribution in [-0.4, -0.2) is 63.8 Å². The average molecular weight is 256 g/mol. The van der Waals surface area contributed by atoms with Crippen LogP contribution in [0.15, 0.2) is 0 Å². The predicted octanol–water partition coefficient (Wildman–Crippen LogP) is 0.502.